The topological polar surface area (TPSA) is 6.48 Å². The third kappa shape index (κ3) is 3.23. The second kappa shape index (κ2) is 7.31. The Hall–Kier alpha value is -2.22. The number of allylic oxidation sites excluding steroid dienone is 2. The van der Waals surface area contributed by atoms with E-state index in [1.54, 1.807) is 0 Å². The van der Waals surface area contributed by atoms with Crippen molar-refractivity contribution in [3.63, 3.8) is 0 Å². The van der Waals surface area contributed by atoms with E-state index in [9.17, 15) is 0 Å². The van der Waals surface area contributed by atoms with E-state index < -0.39 is 0 Å². The first-order chi connectivity index (χ1) is 13.7. The fraction of sp³-hybridized carbons (Fsp3) is 0.462. The Bertz CT molecular complexity index is 899. The molecule has 1 atom stereocenters. The summed E-state index contributed by atoms with van der Waals surface area (Å²) < 4.78 is 0. The summed E-state index contributed by atoms with van der Waals surface area (Å²) in [6.07, 6.45) is 9.02. The number of rotatable bonds is 4. The van der Waals surface area contributed by atoms with Gasteiger partial charge in [-0.2, -0.15) is 0 Å². The second-order valence-corrected chi connectivity index (χ2v) is 8.93. The summed E-state index contributed by atoms with van der Waals surface area (Å²) in [5.41, 5.74) is 10.2. The average Bonchev–Trinajstić information content (AvgIpc) is 3.37. The van der Waals surface area contributed by atoms with E-state index in [1.165, 1.54) is 97.5 Å². The molecule has 2 aromatic rings. The maximum absolute atomic E-state index is 2.53. The Morgan fingerprint density at radius 2 is 1.25 bits per heavy atom. The summed E-state index contributed by atoms with van der Waals surface area (Å²) >= 11 is 0. The zero-order chi connectivity index (χ0) is 19.1. The summed E-state index contributed by atoms with van der Waals surface area (Å²) in [5.74, 6) is 0.584. The predicted molar refractivity (Wildman–Crippen MR) is 121 cm³/mol. The third-order valence-electron chi connectivity index (χ3n) is 6.99. The first-order valence-corrected chi connectivity index (χ1v) is 11.1. The van der Waals surface area contributed by atoms with Crippen LogP contribution in [0, 0.1) is 13.8 Å². The Morgan fingerprint density at radius 3 is 1.79 bits per heavy atom. The van der Waals surface area contributed by atoms with Gasteiger partial charge < -0.3 is 9.80 Å². The van der Waals surface area contributed by atoms with E-state index in [1.807, 2.05) is 0 Å². The lowest BCUT2D eigenvalue weighted by molar-refractivity contribution is 0.806. The number of hydrogen-bond donors (Lipinski definition) is 0. The molecule has 1 aliphatic carbocycles. The molecule has 0 spiro atoms. The maximum Gasteiger partial charge on any atom is 0.0369 e. The van der Waals surface area contributed by atoms with Gasteiger partial charge in [0.05, 0.1) is 0 Å². The van der Waals surface area contributed by atoms with Crippen LogP contribution in [0.5, 0.6) is 0 Å². The summed E-state index contributed by atoms with van der Waals surface area (Å²) in [4.78, 5) is 5.06. The van der Waals surface area contributed by atoms with Crippen molar-refractivity contribution in [2.24, 2.45) is 0 Å². The van der Waals surface area contributed by atoms with Crippen LogP contribution in [-0.4, -0.2) is 26.2 Å². The maximum atomic E-state index is 2.53. The lowest BCUT2D eigenvalue weighted by Gasteiger charge is -2.30. The summed E-state index contributed by atoms with van der Waals surface area (Å²) in [7, 11) is 0. The molecule has 2 heterocycles. The van der Waals surface area contributed by atoms with Gasteiger partial charge in [0, 0.05) is 43.5 Å². The molecule has 2 nitrogen and oxygen atoms in total. The molecule has 146 valence electrons. The molecule has 0 saturated carbocycles. The normalized spacial score (nSPS) is 21.8. The van der Waals surface area contributed by atoms with Crippen LogP contribution < -0.4 is 9.80 Å². The lowest BCUT2D eigenvalue weighted by Crippen LogP contribution is -2.18. The Kier molecular flexibility index (Phi) is 4.66. The molecule has 0 bridgehead atoms. The summed E-state index contributed by atoms with van der Waals surface area (Å²) in [5, 5.41) is 0. The van der Waals surface area contributed by atoms with Crippen molar-refractivity contribution in [3.05, 3.63) is 64.7 Å². The van der Waals surface area contributed by atoms with Gasteiger partial charge in [-0.05, 0) is 98.0 Å². The van der Waals surface area contributed by atoms with Crippen molar-refractivity contribution in [2.45, 2.75) is 51.9 Å². The number of nitrogens with zero attached hydrogens (tertiary/aromatic N) is 2. The van der Waals surface area contributed by atoms with Crippen molar-refractivity contribution in [1.29, 1.82) is 0 Å². The standard InChI is InChI=1S/C26H32N2/c1-19-15-23(27-11-3-4-12-27)7-9-25(19)21-17-22(18-21)26-10-8-24(16-20(26)2)28-13-5-6-14-28/h7-10,15-17,21H,3-6,11-14,18H2,1-2H3. The largest absolute Gasteiger partial charge is 0.372 e. The minimum Gasteiger partial charge on any atom is -0.372 e. The van der Waals surface area contributed by atoms with E-state index in [-0.39, 0.29) is 0 Å². The number of aryl methyl sites for hydroxylation is 2. The zero-order valence-electron chi connectivity index (χ0n) is 17.4. The lowest BCUT2D eigenvalue weighted by atomic mass is 9.76. The third-order valence-corrected chi connectivity index (χ3v) is 6.99. The first-order valence-electron chi connectivity index (χ1n) is 11.1. The molecule has 2 aliphatic heterocycles. The molecule has 0 amide bonds. The molecule has 5 rings (SSSR count). The fourth-order valence-corrected chi connectivity index (χ4v) is 5.27. The van der Waals surface area contributed by atoms with E-state index in [4.69, 9.17) is 0 Å². The molecule has 2 fully saturated rings. The minimum absolute atomic E-state index is 0.584. The Labute approximate surface area is 169 Å². The molecule has 2 saturated heterocycles. The summed E-state index contributed by atoms with van der Waals surface area (Å²) in [6, 6.07) is 14.2. The molecule has 3 aliphatic rings. The van der Waals surface area contributed by atoms with Crippen molar-refractivity contribution < 1.29 is 0 Å². The highest BCUT2D eigenvalue weighted by atomic mass is 15.1. The van der Waals surface area contributed by atoms with Gasteiger partial charge in [0.1, 0.15) is 0 Å². The van der Waals surface area contributed by atoms with Crippen LogP contribution in [0.15, 0.2) is 42.5 Å². The highest BCUT2D eigenvalue weighted by Crippen LogP contribution is 2.43. The fourth-order valence-electron chi connectivity index (χ4n) is 5.27. The molecular formula is C26H32N2. The molecule has 0 radical (unpaired) electrons. The highest BCUT2D eigenvalue weighted by Gasteiger charge is 2.25. The monoisotopic (exact) mass is 372 g/mol. The van der Waals surface area contributed by atoms with Crippen LogP contribution in [0.4, 0.5) is 11.4 Å². The van der Waals surface area contributed by atoms with Crippen molar-refractivity contribution in [2.75, 3.05) is 36.0 Å². The number of hydrogen-bond acceptors (Lipinski definition) is 2. The second-order valence-electron chi connectivity index (χ2n) is 8.93. The van der Waals surface area contributed by atoms with Crippen LogP contribution in [0.25, 0.3) is 5.57 Å². The van der Waals surface area contributed by atoms with Gasteiger partial charge in [0.15, 0.2) is 0 Å². The van der Waals surface area contributed by atoms with E-state index in [0.717, 1.165) is 0 Å². The molecule has 2 aromatic carbocycles. The van der Waals surface area contributed by atoms with E-state index >= 15 is 0 Å². The Balaban J connectivity index is 1.32. The quantitative estimate of drug-likeness (QED) is 0.642. The average molecular weight is 373 g/mol. The highest BCUT2D eigenvalue weighted by molar-refractivity contribution is 5.77. The van der Waals surface area contributed by atoms with Gasteiger partial charge in [-0.3, -0.25) is 0 Å². The number of benzene rings is 2. The van der Waals surface area contributed by atoms with Gasteiger partial charge in [0.2, 0.25) is 0 Å². The van der Waals surface area contributed by atoms with Crippen molar-refractivity contribution in [3.8, 4) is 0 Å². The van der Waals surface area contributed by atoms with Crippen LogP contribution >= 0.6 is 0 Å². The number of anilines is 2. The molecule has 28 heavy (non-hydrogen) atoms. The Morgan fingerprint density at radius 1 is 0.714 bits per heavy atom. The van der Waals surface area contributed by atoms with Crippen molar-refractivity contribution >= 4 is 16.9 Å². The smallest absolute Gasteiger partial charge is 0.0369 e. The van der Waals surface area contributed by atoms with Gasteiger partial charge in [0.25, 0.3) is 0 Å². The van der Waals surface area contributed by atoms with Crippen molar-refractivity contribution in [1.82, 2.24) is 0 Å². The molecule has 0 N–H and O–H groups in total. The van der Waals surface area contributed by atoms with Crippen LogP contribution in [0.2, 0.25) is 0 Å². The molecule has 1 unspecified atom stereocenters. The first kappa shape index (κ1) is 17.8. The van der Waals surface area contributed by atoms with Gasteiger partial charge in [-0.15, -0.1) is 0 Å². The van der Waals surface area contributed by atoms with Crippen LogP contribution in [0.3, 0.4) is 0 Å². The summed E-state index contributed by atoms with van der Waals surface area (Å²) in [6.45, 7) is 9.44. The van der Waals surface area contributed by atoms with E-state index in [2.05, 4.69) is 66.1 Å². The van der Waals surface area contributed by atoms with Crippen LogP contribution in [-0.2, 0) is 0 Å². The molecule has 0 aromatic heterocycles. The van der Waals surface area contributed by atoms with Gasteiger partial charge >= 0.3 is 0 Å². The SMILES string of the molecule is Cc1cc(N2CCCC2)ccc1C1=CC(c2ccc(N3CCCC3)cc2C)C1. The molecular weight excluding hydrogens is 340 g/mol. The van der Waals surface area contributed by atoms with E-state index in [0.29, 0.717) is 5.92 Å². The van der Waals surface area contributed by atoms with Gasteiger partial charge in [-0.25, -0.2) is 0 Å². The predicted octanol–water partition coefficient (Wildman–Crippen LogP) is 6.07. The minimum atomic E-state index is 0.584. The van der Waals surface area contributed by atoms with Gasteiger partial charge in [-0.1, -0.05) is 18.2 Å². The molecule has 2 heteroatoms. The van der Waals surface area contributed by atoms with Crippen LogP contribution in [0.1, 0.15) is 60.3 Å². The zero-order valence-corrected chi connectivity index (χ0v) is 17.4.